The van der Waals surface area contributed by atoms with E-state index in [0.29, 0.717) is 3.57 Å². The van der Waals surface area contributed by atoms with Crippen molar-refractivity contribution in [2.45, 2.75) is 30.9 Å². The van der Waals surface area contributed by atoms with Crippen LogP contribution in [0.5, 0.6) is 0 Å². The Kier molecular flexibility index (Phi) is 5.71. The van der Waals surface area contributed by atoms with Gasteiger partial charge in [0.1, 0.15) is 5.60 Å². The van der Waals surface area contributed by atoms with Crippen LogP contribution in [0, 0.1) is 26.9 Å². The molecule has 2 atom stereocenters. The van der Waals surface area contributed by atoms with E-state index in [0.717, 1.165) is 31.4 Å². The second kappa shape index (κ2) is 8.01. The summed E-state index contributed by atoms with van der Waals surface area (Å²) in [6, 6.07) is 6.37. The van der Waals surface area contributed by atoms with Gasteiger partial charge in [-0.2, -0.15) is 0 Å². The van der Waals surface area contributed by atoms with Crippen LogP contribution in [0.1, 0.15) is 29.6 Å². The molecule has 1 aliphatic heterocycles. The van der Waals surface area contributed by atoms with Crippen LogP contribution in [-0.2, 0) is 0 Å². The first-order valence-corrected chi connectivity index (χ1v) is 10.8. The highest BCUT2D eigenvalue weighted by Gasteiger charge is 2.52. The highest BCUT2D eigenvalue weighted by Crippen LogP contribution is 2.40. The molecule has 2 aromatic rings. The number of carbonyl (C=O) groups is 1. The van der Waals surface area contributed by atoms with Crippen molar-refractivity contribution in [1.29, 1.82) is 0 Å². The first kappa shape index (κ1) is 21.4. The van der Waals surface area contributed by atoms with E-state index in [9.17, 15) is 23.1 Å². The van der Waals surface area contributed by atoms with Gasteiger partial charge in [-0.3, -0.25) is 4.79 Å². The average Bonchev–Trinajstić information content (AvgIpc) is 3.12. The molecule has 0 aromatic heterocycles. The minimum atomic E-state index is -1.27. The molecular weight excluding hydrogens is 510 g/mol. The van der Waals surface area contributed by atoms with Gasteiger partial charge in [-0.15, -0.1) is 0 Å². The molecular formula is C21H21F3IN3O2. The Balaban J connectivity index is 1.59. The monoisotopic (exact) mass is 531 g/mol. The molecule has 2 aromatic carbocycles. The van der Waals surface area contributed by atoms with Gasteiger partial charge in [0.25, 0.3) is 5.91 Å². The normalized spacial score (nSPS) is 22.7. The number of carbonyl (C=O) groups excluding carboxylic acids is 1. The molecule has 4 N–H and O–H groups in total. The number of amides is 1. The summed E-state index contributed by atoms with van der Waals surface area (Å²) in [5.41, 5.74) is 4.37. The molecule has 2 unspecified atom stereocenters. The number of hydrogen-bond donors (Lipinski definition) is 3. The second-order valence-electron chi connectivity index (χ2n) is 7.98. The van der Waals surface area contributed by atoms with Gasteiger partial charge in [0.15, 0.2) is 17.5 Å². The zero-order valence-electron chi connectivity index (χ0n) is 16.0. The fourth-order valence-electron chi connectivity index (χ4n) is 4.41. The van der Waals surface area contributed by atoms with Crippen LogP contribution in [0.3, 0.4) is 0 Å². The molecule has 30 heavy (non-hydrogen) atoms. The first-order chi connectivity index (χ1) is 14.2. The Morgan fingerprint density at radius 3 is 2.57 bits per heavy atom. The predicted octanol–water partition coefficient (Wildman–Crippen LogP) is 3.77. The fraction of sp³-hybridized carbons (Fsp3) is 0.381. The smallest absolute Gasteiger partial charge is 0.256 e. The maximum atomic E-state index is 14.6. The van der Waals surface area contributed by atoms with Crippen molar-refractivity contribution in [2.24, 2.45) is 11.7 Å². The van der Waals surface area contributed by atoms with Gasteiger partial charge in [-0.25, -0.2) is 13.2 Å². The summed E-state index contributed by atoms with van der Waals surface area (Å²) >= 11 is 1.78. The van der Waals surface area contributed by atoms with E-state index in [1.54, 1.807) is 28.7 Å². The fourth-order valence-corrected chi connectivity index (χ4v) is 4.90. The van der Waals surface area contributed by atoms with Crippen LogP contribution in [0.25, 0.3) is 0 Å². The molecule has 0 radical (unpaired) electrons. The summed E-state index contributed by atoms with van der Waals surface area (Å²) in [6.45, 7) is 0.139. The van der Waals surface area contributed by atoms with E-state index in [4.69, 9.17) is 5.73 Å². The Morgan fingerprint density at radius 2 is 1.90 bits per heavy atom. The number of rotatable bonds is 4. The van der Waals surface area contributed by atoms with Gasteiger partial charge in [0.05, 0.1) is 33.6 Å². The third-order valence-electron chi connectivity index (χ3n) is 6.01. The van der Waals surface area contributed by atoms with Crippen molar-refractivity contribution < 1.29 is 23.1 Å². The van der Waals surface area contributed by atoms with Crippen molar-refractivity contribution in [1.82, 2.24) is 4.90 Å². The number of nitrogens with two attached hydrogens (primary N) is 1. The van der Waals surface area contributed by atoms with E-state index in [-0.39, 0.29) is 36.3 Å². The number of benzene rings is 2. The lowest BCUT2D eigenvalue weighted by Gasteiger charge is -2.51. The second-order valence-corrected chi connectivity index (χ2v) is 9.14. The molecule has 2 aliphatic rings. The summed E-state index contributed by atoms with van der Waals surface area (Å²) < 4.78 is 43.1. The molecule has 1 aliphatic carbocycles. The summed E-state index contributed by atoms with van der Waals surface area (Å²) in [4.78, 5) is 14.4. The maximum Gasteiger partial charge on any atom is 0.256 e. The maximum absolute atomic E-state index is 14.6. The van der Waals surface area contributed by atoms with Crippen molar-refractivity contribution >= 4 is 39.9 Å². The molecule has 2 fully saturated rings. The summed E-state index contributed by atoms with van der Waals surface area (Å²) in [5, 5.41) is 13.4. The molecule has 0 bridgehead atoms. The third kappa shape index (κ3) is 3.67. The zero-order chi connectivity index (χ0) is 21.6. The van der Waals surface area contributed by atoms with Gasteiger partial charge in [0, 0.05) is 12.0 Å². The molecule has 0 spiro atoms. The molecule has 160 valence electrons. The van der Waals surface area contributed by atoms with Crippen LogP contribution < -0.4 is 11.1 Å². The number of hydrogen-bond acceptors (Lipinski definition) is 4. The molecule has 1 saturated heterocycles. The number of anilines is 2. The van der Waals surface area contributed by atoms with Gasteiger partial charge >= 0.3 is 0 Å². The van der Waals surface area contributed by atoms with E-state index < -0.39 is 34.6 Å². The average molecular weight is 531 g/mol. The topological polar surface area (TPSA) is 78.6 Å². The summed E-state index contributed by atoms with van der Waals surface area (Å²) in [7, 11) is 0. The zero-order valence-corrected chi connectivity index (χ0v) is 18.1. The number of halogens is 4. The van der Waals surface area contributed by atoms with E-state index in [1.165, 1.54) is 17.0 Å². The van der Waals surface area contributed by atoms with Crippen molar-refractivity contribution in [2.75, 3.05) is 18.4 Å². The highest BCUT2D eigenvalue weighted by atomic mass is 127. The molecule has 1 heterocycles. The van der Waals surface area contributed by atoms with Crippen molar-refractivity contribution in [3.63, 3.8) is 0 Å². The number of nitrogens with zero attached hydrogens (tertiary/aromatic N) is 1. The van der Waals surface area contributed by atoms with Crippen LogP contribution in [0.2, 0.25) is 0 Å². The minimum absolute atomic E-state index is 0.0697. The van der Waals surface area contributed by atoms with Gasteiger partial charge in [0.2, 0.25) is 0 Å². The number of β-amino-alcohol motifs (C(OH)–C–C–N with tert-alkyl or cyclic N) is 1. The number of nitrogens with one attached hydrogen (secondary N) is 1. The van der Waals surface area contributed by atoms with Crippen LogP contribution >= 0.6 is 22.6 Å². The molecule has 1 amide bonds. The lowest BCUT2D eigenvalue weighted by atomic mass is 9.77. The summed E-state index contributed by atoms with van der Waals surface area (Å²) in [5.74, 6) is -3.72. The van der Waals surface area contributed by atoms with Crippen LogP contribution in [0.15, 0.2) is 30.3 Å². The standard InChI is InChI=1S/C21H21F3IN3O2/c22-13-8-7-11(19(17(13)23)27-16-6-2-4-14(25)18(16)24)20(29)28-9-21(30,10-28)12-3-1-5-15(12)26/h2,4,6-8,12,15,27,30H,1,3,5,9-10,26H2. The van der Waals surface area contributed by atoms with E-state index in [2.05, 4.69) is 5.32 Å². The number of aliphatic hydroxyl groups is 1. The molecule has 1 saturated carbocycles. The minimum Gasteiger partial charge on any atom is -0.386 e. The Hall–Kier alpha value is -1.85. The van der Waals surface area contributed by atoms with Gasteiger partial charge < -0.3 is 21.1 Å². The Bertz CT molecular complexity index is 998. The predicted molar refractivity (Wildman–Crippen MR) is 115 cm³/mol. The van der Waals surface area contributed by atoms with Crippen LogP contribution in [-0.4, -0.2) is 40.6 Å². The lowest BCUT2D eigenvalue weighted by molar-refractivity contribution is -0.121. The highest BCUT2D eigenvalue weighted by molar-refractivity contribution is 14.1. The molecule has 9 heteroatoms. The summed E-state index contributed by atoms with van der Waals surface area (Å²) in [6.07, 6.45) is 2.56. The third-order valence-corrected chi connectivity index (χ3v) is 6.85. The van der Waals surface area contributed by atoms with Gasteiger partial charge in [-0.1, -0.05) is 12.5 Å². The number of likely N-dealkylation sites (tertiary alicyclic amines) is 1. The molecule has 4 rings (SSSR count). The quantitative estimate of drug-likeness (QED) is 0.526. The van der Waals surface area contributed by atoms with Crippen LogP contribution in [0.4, 0.5) is 24.5 Å². The largest absolute Gasteiger partial charge is 0.386 e. The lowest BCUT2D eigenvalue weighted by Crippen LogP contribution is -2.68. The molecule has 5 nitrogen and oxygen atoms in total. The Morgan fingerprint density at radius 1 is 1.17 bits per heavy atom. The SMILES string of the molecule is NC1CCCC1C1(O)CN(C(=O)c2ccc(F)c(F)c2Nc2cccc(I)c2F)C1. The van der Waals surface area contributed by atoms with Crippen molar-refractivity contribution in [3.8, 4) is 0 Å². The van der Waals surface area contributed by atoms with Crippen molar-refractivity contribution in [3.05, 3.63) is 56.9 Å². The van der Waals surface area contributed by atoms with E-state index >= 15 is 0 Å². The Labute approximate surface area is 185 Å². The van der Waals surface area contributed by atoms with Gasteiger partial charge in [-0.05, 0) is 59.7 Å². The van der Waals surface area contributed by atoms with E-state index in [1.807, 2.05) is 0 Å². The first-order valence-electron chi connectivity index (χ1n) is 9.67.